The van der Waals surface area contributed by atoms with Crippen molar-refractivity contribution in [2.75, 3.05) is 32.2 Å². The van der Waals surface area contributed by atoms with Gasteiger partial charge in [0.1, 0.15) is 0 Å². The molecule has 3 rings (SSSR count). The Labute approximate surface area is 246 Å². The van der Waals surface area contributed by atoms with Crippen molar-refractivity contribution >= 4 is 57.9 Å². The molecular formula is C28H29ClIN3O6. The van der Waals surface area contributed by atoms with Crippen molar-refractivity contribution in [3.63, 3.8) is 0 Å². The third kappa shape index (κ3) is 9.03. The molecule has 2 amide bonds. The van der Waals surface area contributed by atoms with E-state index in [9.17, 15) is 9.59 Å². The van der Waals surface area contributed by atoms with E-state index in [4.69, 9.17) is 30.5 Å². The van der Waals surface area contributed by atoms with Gasteiger partial charge in [0, 0.05) is 16.3 Å². The van der Waals surface area contributed by atoms with Gasteiger partial charge in [-0.15, -0.1) is 0 Å². The summed E-state index contributed by atoms with van der Waals surface area (Å²) in [6, 6.07) is 15.2. The number of carbonyl (C=O) groups excluding carboxylic acids is 2. The van der Waals surface area contributed by atoms with Crippen LogP contribution in [0.3, 0.4) is 0 Å². The number of halogens is 2. The average molecular weight is 666 g/mol. The van der Waals surface area contributed by atoms with Crippen LogP contribution in [0.4, 0.5) is 5.69 Å². The van der Waals surface area contributed by atoms with Gasteiger partial charge >= 0.3 is 0 Å². The molecule has 0 aliphatic rings. The Morgan fingerprint density at radius 1 is 0.974 bits per heavy atom. The maximum absolute atomic E-state index is 12.6. The molecule has 9 nitrogen and oxygen atoms in total. The van der Waals surface area contributed by atoms with Crippen molar-refractivity contribution in [3.8, 4) is 23.0 Å². The highest BCUT2D eigenvalue weighted by atomic mass is 127. The minimum atomic E-state index is -0.405. The van der Waals surface area contributed by atoms with Gasteiger partial charge < -0.3 is 24.3 Å². The number of hydrazone groups is 1. The van der Waals surface area contributed by atoms with E-state index in [0.29, 0.717) is 61.6 Å². The summed E-state index contributed by atoms with van der Waals surface area (Å²) in [5.74, 6) is 1.19. The predicted molar refractivity (Wildman–Crippen MR) is 160 cm³/mol. The zero-order valence-electron chi connectivity index (χ0n) is 21.8. The van der Waals surface area contributed by atoms with E-state index < -0.39 is 5.91 Å². The summed E-state index contributed by atoms with van der Waals surface area (Å²) in [4.78, 5) is 25.0. The molecule has 0 saturated heterocycles. The van der Waals surface area contributed by atoms with Crippen LogP contribution in [0.2, 0.25) is 5.02 Å². The number of ether oxygens (including phenoxy) is 4. The number of anilines is 1. The Balaban J connectivity index is 1.65. The molecule has 0 radical (unpaired) electrons. The lowest BCUT2D eigenvalue weighted by atomic mass is 10.2. The summed E-state index contributed by atoms with van der Waals surface area (Å²) < 4.78 is 23.2. The first-order chi connectivity index (χ1) is 18.8. The molecule has 206 valence electrons. The van der Waals surface area contributed by atoms with Gasteiger partial charge in [0.2, 0.25) is 0 Å². The zero-order valence-corrected chi connectivity index (χ0v) is 24.7. The van der Waals surface area contributed by atoms with Gasteiger partial charge in [-0.05, 0) is 96.1 Å². The summed E-state index contributed by atoms with van der Waals surface area (Å²) in [5.41, 5.74) is 4.17. The third-order valence-electron chi connectivity index (χ3n) is 5.07. The SMILES string of the molecule is CCCOc1ccc(C(=O)N/N=C/c2cc(I)c(OCC(=O)Nc3ccc(Cl)cc3)c(OCC)c2)cc1OC. The van der Waals surface area contributed by atoms with E-state index in [1.165, 1.54) is 13.3 Å². The minimum Gasteiger partial charge on any atom is -0.493 e. The van der Waals surface area contributed by atoms with Crippen LogP contribution in [-0.2, 0) is 4.79 Å². The molecule has 3 aromatic carbocycles. The standard InChI is InChI=1S/C28H29ClIN3O6/c1-4-12-38-23-11-6-19(15-24(23)36-3)28(35)33-31-16-18-13-22(30)27(25(14-18)37-5-2)39-17-26(34)32-21-9-7-20(29)8-10-21/h6-11,13-16H,4-5,12,17H2,1-3H3,(H,32,34)(H,33,35)/b31-16+. The smallest absolute Gasteiger partial charge is 0.271 e. The van der Waals surface area contributed by atoms with Crippen LogP contribution in [-0.4, -0.2) is 45.0 Å². The summed E-state index contributed by atoms with van der Waals surface area (Å²) >= 11 is 7.98. The van der Waals surface area contributed by atoms with Gasteiger partial charge in [-0.25, -0.2) is 5.43 Å². The molecule has 0 heterocycles. The zero-order chi connectivity index (χ0) is 28.2. The molecule has 0 spiro atoms. The Morgan fingerprint density at radius 2 is 1.74 bits per heavy atom. The molecule has 11 heteroatoms. The second kappa shape index (κ2) is 15.2. The summed E-state index contributed by atoms with van der Waals surface area (Å²) in [7, 11) is 1.52. The van der Waals surface area contributed by atoms with E-state index >= 15 is 0 Å². The van der Waals surface area contributed by atoms with Crippen LogP contribution in [0.25, 0.3) is 0 Å². The topological polar surface area (TPSA) is 107 Å². The van der Waals surface area contributed by atoms with E-state index in [0.717, 1.165) is 6.42 Å². The molecule has 0 saturated carbocycles. The second-order valence-electron chi connectivity index (χ2n) is 8.02. The number of amides is 2. The molecule has 0 aliphatic heterocycles. The lowest BCUT2D eigenvalue weighted by molar-refractivity contribution is -0.118. The molecule has 3 aromatic rings. The molecule has 39 heavy (non-hydrogen) atoms. The highest BCUT2D eigenvalue weighted by Gasteiger charge is 2.15. The molecule has 0 aliphatic carbocycles. The molecular weight excluding hydrogens is 637 g/mol. The predicted octanol–water partition coefficient (Wildman–Crippen LogP) is 5.92. The van der Waals surface area contributed by atoms with Crippen molar-refractivity contribution < 1.29 is 28.5 Å². The monoisotopic (exact) mass is 665 g/mol. The largest absolute Gasteiger partial charge is 0.493 e. The fraction of sp³-hybridized carbons (Fsp3) is 0.250. The van der Waals surface area contributed by atoms with E-state index in [1.807, 2.05) is 13.8 Å². The molecule has 0 aromatic heterocycles. The van der Waals surface area contributed by atoms with Gasteiger partial charge in [0.15, 0.2) is 29.6 Å². The fourth-order valence-corrected chi connectivity index (χ4v) is 4.21. The van der Waals surface area contributed by atoms with Crippen LogP contribution in [0, 0.1) is 3.57 Å². The Hall–Kier alpha value is -3.51. The van der Waals surface area contributed by atoms with Crippen LogP contribution < -0.4 is 29.7 Å². The van der Waals surface area contributed by atoms with Gasteiger partial charge in [-0.3, -0.25) is 9.59 Å². The van der Waals surface area contributed by atoms with E-state index in [2.05, 4.69) is 38.4 Å². The number of benzene rings is 3. The van der Waals surface area contributed by atoms with Gasteiger partial charge in [0.25, 0.3) is 11.8 Å². The fourth-order valence-electron chi connectivity index (χ4n) is 3.30. The average Bonchev–Trinajstić information content (AvgIpc) is 2.92. The Bertz CT molecular complexity index is 1320. The van der Waals surface area contributed by atoms with Crippen LogP contribution in [0.5, 0.6) is 23.0 Å². The molecule has 0 fully saturated rings. The van der Waals surface area contributed by atoms with Crippen LogP contribution in [0.1, 0.15) is 36.2 Å². The highest BCUT2D eigenvalue weighted by Crippen LogP contribution is 2.34. The van der Waals surface area contributed by atoms with Crippen molar-refractivity contribution in [3.05, 3.63) is 74.3 Å². The normalized spacial score (nSPS) is 10.7. The summed E-state index contributed by atoms with van der Waals surface area (Å²) in [6.45, 7) is 4.58. The van der Waals surface area contributed by atoms with Crippen LogP contribution in [0.15, 0.2) is 59.7 Å². The Morgan fingerprint density at radius 3 is 2.44 bits per heavy atom. The molecule has 0 unspecified atom stereocenters. The maximum atomic E-state index is 12.6. The van der Waals surface area contributed by atoms with Crippen molar-refractivity contribution in [1.82, 2.24) is 5.43 Å². The maximum Gasteiger partial charge on any atom is 0.271 e. The van der Waals surface area contributed by atoms with Gasteiger partial charge in [-0.2, -0.15) is 5.10 Å². The van der Waals surface area contributed by atoms with E-state index in [-0.39, 0.29) is 12.5 Å². The number of rotatable bonds is 13. The number of hydrogen-bond donors (Lipinski definition) is 2. The van der Waals surface area contributed by atoms with Crippen molar-refractivity contribution in [1.29, 1.82) is 0 Å². The minimum absolute atomic E-state index is 0.214. The third-order valence-corrected chi connectivity index (χ3v) is 6.13. The first-order valence-electron chi connectivity index (χ1n) is 12.1. The highest BCUT2D eigenvalue weighted by molar-refractivity contribution is 14.1. The van der Waals surface area contributed by atoms with E-state index in [1.54, 1.807) is 54.6 Å². The first-order valence-corrected chi connectivity index (χ1v) is 13.6. The number of hydrogen-bond acceptors (Lipinski definition) is 7. The number of methoxy groups -OCH3 is 1. The Kier molecular flexibility index (Phi) is 11.7. The van der Waals surface area contributed by atoms with Crippen molar-refractivity contribution in [2.24, 2.45) is 5.10 Å². The lowest BCUT2D eigenvalue weighted by Crippen LogP contribution is -2.20. The quantitative estimate of drug-likeness (QED) is 0.133. The first kappa shape index (κ1) is 30.0. The number of nitrogens with one attached hydrogen (secondary N) is 2. The van der Waals surface area contributed by atoms with Crippen molar-refractivity contribution in [2.45, 2.75) is 20.3 Å². The summed E-state index contributed by atoms with van der Waals surface area (Å²) in [6.07, 6.45) is 2.35. The lowest BCUT2D eigenvalue weighted by Gasteiger charge is -2.14. The number of nitrogens with zero attached hydrogens (tertiary/aromatic N) is 1. The molecule has 0 atom stereocenters. The van der Waals surface area contributed by atoms with Gasteiger partial charge in [0.05, 0.1) is 30.1 Å². The number of carbonyl (C=O) groups is 2. The summed E-state index contributed by atoms with van der Waals surface area (Å²) in [5, 5.41) is 7.40. The molecule has 0 bridgehead atoms. The molecule has 2 N–H and O–H groups in total. The van der Waals surface area contributed by atoms with Crippen LogP contribution >= 0.6 is 34.2 Å². The van der Waals surface area contributed by atoms with Gasteiger partial charge in [-0.1, -0.05) is 18.5 Å². The second-order valence-corrected chi connectivity index (χ2v) is 9.62.